The SMILES string of the molecule is Cc1cccc(NC(=O)[C@@H](C)Sc2nc(CN3CCOCC3)nc3ccccc23)c1. The van der Waals surface area contributed by atoms with Crippen molar-refractivity contribution in [2.45, 2.75) is 30.7 Å². The molecule has 0 unspecified atom stereocenters. The zero-order chi connectivity index (χ0) is 20.9. The lowest BCUT2D eigenvalue weighted by Gasteiger charge is -2.26. The molecule has 4 rings (SSSR count). The number of ether oxygens (including phenoxy) is 1. The van der Waals surface area contributed by atoms with Crippen molar-refractivity contribution in [1.82, 2.24) is 14.9 Å². The summed E-state index contributed by atoms with van der Waals surface area (Å²) in [5.41, 5.74) is 2.83. The molecule has 2 aromatic carbocycles. The average Bonchev–Trinajstić information content (AvgIpc) is 2.74. The molecule has 7 heteroatoms. The number of benzene rings is 2. The summed E-state index contributed by atoms with van der Waals surface area (Å²) in [6, 6.07) is 15.8. The first-order valence-electron chi connectivity index (χ1n) is 10.2. The number of hydrogen-bond acceptors (Lipinski definition) is 6. The molecule has 0 saturated carbocycles. The molecule has 156 valence electrons. The normalized spacial score (nSPS) is 15.8. The van der Waals surface area contributed by atoms with Crippen molar-refractivity contribution in [3.63, 3.8) is 0 Å². The van der Waals surface area contributed by atoms with Crippen molar-refractivity contribution < 1.29 is 9.53 Å². The van der Waals surface area contributed by atoms with Crippen LogP contribution in [-0.4, -0.2) is 52.3 Å². The van der Waals surface area contributed by atoms with Gasteiger partial charge in [-0.05, 0) is 37.6 Å². The smallest absolute Gasteiger partial charge is 0.237 e. The van der Waals surface area contributed by atoms with Gasteiger partial charge in [0.1, 0.15) is 10.9 Å². The third kappa shape index (κ3) is 5.16. The summed E-state index contributed by atoms with van der Waals surface area (Å²) in [4.78, 5) is 24.7. The van der Waals surface area contributed by atoms with E-state index in [4.69, 9.17) is 14.7 Å². The van der Waals surface area contributed by atoms with Gasteiger partial charge in [0.25, 0.3) is 0 Å². The highest BCUT2D eigenvalue weighted by atomic mass is 32.2. The first-order valence-corrected chi connectivity index (χ1v) is 11.1. The van der Waals surface area contributed by atoms with E-state index in [1.165, 1.54) is 11.8 Å². The van der Waals surface area contributed by atoms with Crippen LogP contribution in [0.4, 0.5) is 5.69 Å². The number of aromatic nitrogens is 2. The summed E-state index contributed by atoms with van der Waals surface area (Å²) < 4.78 is 5.44. The van der Waals surface area contributed by atoms with E-state index in [2.05, 4.69) is 10.2 Å². The first kappa shape index (κ1) is 20.8. The van der Waals surface area contributed by atoms with E-state index in [0.717, 1.165) is 59.3 Å². The Bertz CT molecular complexity index is 1040. The molecule has 30 heavy (non-hydrogen) atoms. The second kappa shape index (κ2) is 9.55. The highest BCUT2D eigenvalue weighted by Gasteiger charge is 2.19. The molecule has 0 radical (unpaired) electrons. The second-order valence-corrected chi connectivity index (χ2v) is 8.80. The maximum Gasteiger partial charge on any atom is 0.237 e. The van der Waals surface area contributed by atoms with E-state index < -0.39 is 0 Å². The minimum atomic E-state index is -0.292. The predicted molar refractivity (Wildman–Crippen MR) is 121 cm³/mol. The molecular formula is C23H26N4O2S. The Morgan fingerprint density at radius 3 is 2.77 bits per heavy atom. The van der Waals surface area contributed by atoms with Crippen molar-refractivity contribution >= 4 is 34.3 Å². The van der Waals surface area contributed by atoms with Gasteiger partial charge in [0.05, 0.1) is 30.5 Å². The molecule has 1 fully saturated rings. The van der Waals surface area contributed by atoms with Crippen molar-refractivity contribution in [3.05, 3.63) is 59.9 Å². The molecule has 0 bridgehead atoms. The Hall–Kier alpha value is -2.48. The number of anilines is 1. The third-order valence-electron chi connectivity index (χ3n) is 5.03. The van der Waals surface area contributed by atoms with Crippen LogP contribution >= 0.6 is 11.8 Å². The summed E-state index contributed by atoms with van der Waals surface area (Å²) in [6.45, 7) is 7.86. The lowest BCUT2D eigenvalue weighted by Crippen LogP contribution is -2.36. The molecule has 1 aromatic heterocycles. The maximum atomic E-state index is 12.8. The lowest BCUT2D eigenvalue weighted by atomic mass is 10.2. The molecule has 1 aliphatic heterocycles. The number of para-hydroxylation sites is 1. The number of carbonyl (C=O) groups excluding carboxylic acids is 1. The Morgan fingerprint density at radius 1 is 1.17 bits per heavy atom. The molecule has 2 heterocycles. The van der Waals surface area contributed by atoms with Crippen molar-refractivity contribution in [2.24, 2.45) is 0 Å². The Kier molecular flexibility index (Phi) is 6.62. The Balaban J connectivity index is 1.53. The first-order chi connectivity index (χ1) is 14.6. The summed E-state index contributed by atoms with van der Waals surface area (Å²) in [5, 5.41) is 4.53. The Labute approximate surface area is 181 Å². The fraction of sp³-hybridized carbons (Fsp3) is 0.348. The summed E-state index contributed by atoms with van der Waals surface area (Å²) in [6.07, 6.45) is 0. The predicted octanol–water partition coefficient (Wildman–Crippen LogP) is 3.89. The van der Waals surface area contributed by atoms with Gasteiger partial charge in [-0.25, -0.2) is 9.97 Å². The van der Waals surface area contributed by atoms with Gasteiger partial charge < -0.3 is 10.1 Å². The third-order valence-corrected chi connectivity index (χ3v) is 6.13. The lowest BCUT2D eigenvalue weighted by molar-refractivity contribution is -0.115. The number of amides is 1. The minimum absolute atomic E-state index is 0.0389. The van der Waals surface area contributed by atoms with Crippen molar-refractivity contribution in [2.75, 3.05) is 31.6 Å². The highest BCUT2D eigenvalue weighted by Crippen LogP contribution is 2.29. The molecule has 3 aromatic rings. The minimum Gasteiger partial charge on any atom is -0.379 e. The zero-order valence-corrected chi connectivity index (χ0v) is 18.1. The van der Waals surface area contributed by atoms with Gasteiger partial charge in [0.2, 0.25) is 5.91 Å². The van der Waals surface area contributed by atoms with Crippen molar-refractivity contribution in [3.8, 4) is 0 Å². The standard InChI is InChI=1S/C23H26N4O2S/c1-16-6-5-7-18(14-16)24-22(28)17(2)30-23-19-8-3-4-9-20(19)25-21(26-23)15-27-10-12-29-13-11-27/h3-9,14,17H,10-13,15H2,1-2H3,(H,24,28)/t17-/m1/s1. The van der Waals surface area contributed by atoms with Crippen LogP contribution in [0.3, 0.4) is 0 Å². The number of rotatable bonds is 6. The van der Waals surface area contributed by atoms with E-state index in [1.54, 1.807) is 0 Å². The summed E-state index contributed by atoms with van der Waals surface area (Å²) in [5.74, 6) is 0.743. The number of nitrogens with zero attached hydrogens (tertiary/aromatic N) is 3. The van der Waals surface area contributed by atoms with Gasteiger partial charge in [-0.1, -0.05) is 42.1 Å². The maximum absolute atomic E-state index is 12.8. The van der Waals surface area contributed by atoms with Crippen molar-refractivity contribution in [1.29, 1.82) is 0 Å². The summed E-state index contributed by atoms with van der Waals surface area (Å²) >= 11 is 1.47. The average molecular weight is 423 g/mol. The van der Waals surface area contributed by atoms with Gasteiger partial charge in [0.15, 0.2) is 0 Å². The van der Waals surface area contributed by atoms with E-state index in [0.29, 0.717) is 6.54 Å². The van der Waals surface area contributed by atoms with Crippen LogP contribution in [-0.2, 0) is 16.1 Å². The number of thioether (sulfide) groups is 1. The number of morpholine rings is 1. The van der Waals surface area contributed by atoms with E-state index in [9.17, 15) is 4.79 Å². The number of hydrogen-bond donors (Lipinski definition) is 1. The van der Waals surface area contributed by atoms with Crippen LogP contribution in [0.1, 0.15) is 18.3 Å². The largest absolute Gasteiger partial charge is 0.379 e. The molecule has 0 aliphatic carbocycles. The van der Waals surface area contributed by atoms with Crippen LogP contribution in [0.2, 0.25) is 0 Å². The molecule has 1 aliphatic rings. The van der Waals surface area contributed by atoms with Gasteiger partial charge in [-0.15, -0.1) is 0 Å². The van der Waals surface area contributed by atoms with Crippen LogP contribution < -0.4 is 5.32 Å². The quantitative estimate of drug-likeness (QED) is 0.480. The second-order valence-electron chi connectivity index (χ2n) is 7.47. The molecular weight excluding hydrogens is 396 g/mol. The number of carbonyl (C=O) groups is 1. The number of aryl methyl sites for hydroxylation is 1. The molecule has 1 saturated heterocycles. The summed E-state index contributed by atoms with van der Waals surface area (Å²) in [7, 11) is 0. The van der Waals surface area contributed by atoms with Gasteiger partial charge >= 0.3 is 0 Å². The van der Waals surface area contributed by atoms with Gasteiger partial charge in [-0.2, -0.15) is 0 Å². The Morgan fingerprint density at radius 2 is 1.97 bits per heavy atom. The fourth-order valence-electron chi connectivity index (χ4n) is 3.40. The zero-order valence-electron chi connectivity index (χ0n) is 17.3. The molecule has 0 spiro atoms. The topological polar surface area (TPSA) is 67.4 Å². The molecule has 1 N–H and O–H groups in total. The molecule has 1 atom stereocenters. The number of nitrogens with one attached hydrogen (secondary N) is 1. The van der Waals surface area contributed by atoms with E-state index >= 15 is 0 Å². The fourth-order valence-corrected chi connectivity index (χ4v) is 4.36. The van der Waals surface area contributed by atoms with Crippen LogP contribution in [0.25, 0.3) is 10.9 Å². The number of fused-ring (bicyclic) bond motifs is 1. The monoisotopic (exact) mass is 422 g/mol. The van der Waals surface area contributed by atoms with Crippen LogP contribution in [0.5, 0.6) is 0 Å². The van der Waals surface area contributed by atoms with E-state index in [1.807, 2.05) is 62.4 Å². The molecule has 6 nitrogen and oxygen atoms in total. The van der Waals surface area contributed by atoms with Gasteiger partial charge in [0, 0.05) is 24.2 Å². The van der Waals surface area contributed by atoms with Crippen LogP contribution in [0, 0.1) is 6.92 Å². The molecule has 1 amide bonds. The highest BCUT2D eigenvalue weighted by molar-refractivity contribution is 8.00. The van der Waals surface area contributed by atoms with Crippen LogP contribution in [0.15, 0.2) is 53.6 Å². The van der Waals surface area contributed by atoms with E-state index in [-0.39, 0.29) is 11.2 Å². The van der Waals surface area contributed by atoms with Gasteiger partial charge in [-0.3, -0.25) is 9.69 Å².